The Morgan fingerprint density at radius 2 is 1.90 bits per heavy atom. The highest BCUT2D eigenvalue weighted by Gasteiger charge is 2.17. The van der Waals surface area contributed by atoms with E-state index in [1.54, 1.807) is 9.36 Å². The van der Waals surface area contributed by atoms with Crippen LogP contribution in [0, 0.1) is 20.8 Å². The number of hydrogen-bond donors (Lipinski definition) is 1. The summed E-state index contributed by atoms with van der Waals surface area (Å²) in [5.41, 5.74) is 3.97. The van der Waals surface area contributed by atoms with Gasteiger partial charge in [0, 0.05) is 18.3 Å². The van der Waals surface area contributed by atoms with Crippen LogP contribution in [0.5, 0.6) is 0 Å². The fourth-order valence-corrected chi connectivity index (χ4v) is 2.51. The molecule has 2 rings (SSSR count). The Morgan fingerprint density at radius 1 is 1.25 bits per heavy atom. The Bertz CT molecular complexity index is 672. The number of aryl methyl sites for hydroxylation is 3. The Hall–Kier alpha value is -1.82. The number of halogens is 1. The molecule has 2 heterocycles. The molecule has 0 saturated heterocycles. The Kier molecular flexibility index (Phi) is 3.85. The molecule has 6 nitrogen and oxygen atoms in total. The molecule has 0 aliphatic carbocycles. The van der Waals surface area contributed by atoms with Crippen molar-refractivity contribution in [3.05, 3.63) is 33.4 Å². The van der Waals surface area contributed by atoms with Crippen LogP contribution >= 0.6 is 11.6 Å². The highest BCUT2D eigenvalue weighted by atomic mass is 35.5. The van der Waals surface area contributed by atoms with Gasteiger partial charge < -0.3 is 5.11 Å². The highest BCUT2D eigenvalue weighted by Crippen LogP contribution is 2.22. The Labute approximate surface area is 122 Å². The zero-order valence-electron chi connectivity index (χ0n) is 11.9. The first-order valence-corrected chi connectivity index (χ1v) is 6.61. The summed E-state index contributed by atoms with van der Waals surface area (Å²) in [6.07, 6.45) is -0.0180. The number of nitrogens with zero attached hydrogens (tertiary/aromatic N) is 4. The van der Waals surface area contributed by atoms with Crippen LogP contribution in [0.1, 0.15) is 28.3 Å². The molecule has 7 heteroatoms. The summed E-state index contributed by atoms with van der Waals surface area (Å²) in [6, 6.07) is 0. The highest BCUT2D eigenvalue weighted by molar-refractivity contribution is 6.31. The first-order valence-electron chi connectivity index (χ1n) is 6.24. The van der Waals surface area contributed by atoms with Gasteiger partial charge in [-0.25, -0.2) is 0 Å². The van der Waals surface area contributed by atoms with Gasteiger partial charge in [-0.05, 0) is 20.8 Å². The van der Waals surface area contributed by atoms with Crippen molar-refractivity contribution in [2.24, 2.45) is 7.05 Å². The number of aliphatic carboxylic acids is 1. The predicted molar refractivity (Wildman–Crippen MR) is 75.1 cm³/mol. The minimum Gasteiger partial charge on any atom is -0.481 e. The molecule has 0 aromatic carbocycles. The van der Waals surface area contributed by atoms with E-state index in [0.29, 0.717) is 11.6 Å². The lowest BCUT2D eigenvalue weighted by Crippen LogP contribution is -2.09. The molecule has 0 fully saturated rings. The van der Waals surface area contributed by atoms with Gasteiger partial charge in [0.15, 0.2) is 0 Å². The molecule has 0 radical (unpaired) electrons. The van der Waals surface area contributed by atoms with Gasteiger partial charge in [0.05, 0.1) is 35.1 Å². The molecule has 108 valence electrons. The van der Waals surface area contributed by atoms with Gasteiger partial charge in [-0.1, -0.05) is 11.6 Å². The van der Waals surface area contributed by atoms with E-state index in [1.165, 1.54) is 0 Å². The van der Waals surface area contributed by atoms with E-state index in [2.05, 4.69) is 10.2 Å². The molecule has 20 heavy (non-hydrogen) atoms. The quantitative estimate of drug-likeness (QED) is 0.935. The van der Waals surface area contributed by atoms with Crippen molar-refractivity contribution in [3.63, 3.8) is 0 Å². The van der Waals surface area contributed by atoms with Crippen molar-refractivity contribution in [3.8, 4) is 0 Å². The van der Waals surface area contributed by atoms with E-state index >= 15 is 0 Å². The van der Waals surface area contributed by atoms with Gasteiger partial charge in [0.1, 0.15) is 0 Å². The average molecular weight is 297 g/mol. The summed E-state index contributed by atoms with van der Waals surface area (Å²) < 4.78 is 3.50. The number of carboxylic acids is 1. The first kappa shape index (κ1) is 14.6. The van der Waals surface area contributed by atoms with Crippen molar-refractivity contribution in [1.29, 1.82) is 0 Å². The molecule has 2 aromatic heterocycles. The fourth-order valence-electron chi connectivity index (χ4n) is 2.29. The number of carbonyl (C=O) groups is 1. The summed E-state index contributed by atoms with van der Waals surface area (Å²) in [6.45, 7) is 6.01. The molecule has 0 spiro atoms. The molecule has 0 amide bonds. The molecule has 0 atom stereocenters. The van der Waals surface area contributed by atoms with Crippen LogP contribution in [0.3, 0.4) is 0 Å². The van der Waals surface area contributed by atoms with E-state index in [-0.39, 0.29) is 6.42 Å². The van der Waals surface area contributed by atoms with Crippen LogP contribution in [0.2, 0.25) is 5.02 Å². The maximum absolute atomic E-state index is 10.9. The summed E-state index contributed by atoms with van der Waals surface area (Å²) in [4.78, 5) is 10.9. The van der Waals surface area contributed by atoms with E-state index in [4.69, 9.17) is 16.7 Å². The zero-order chi connectivity index (χ0) is 15.0. The fraction of sp³-hybridized carbons (Fsp3) is 0.462. The van der Waals surface area contributed by atoms with Crippen LogP contribution < -0.4 is 0 Å². The zero-order valence-corrected chi connectivity index (χ0v) is 12.7. The minimum absolute atomic E-state index is 0.0180. The summed E-state index contributed by atoms with van der Waals surface area (Å²) in [5, 5.41) is 18.2. The number of carboxylic acid groups (broad SMARTS) is 1. The van der Waals surface area contributed by atoms with Gasteiger partial charge in [-0.2, -0.15) is 10.2 Å². The van der Waals surface area contributed by atoms with Gasteiger partial charge in [-0.3, -0.25) is 14.2 Å². The van der Waals surface area contributed by atoms with Gasteiger partial charge in [-0.15, -0.1) is 0 Å². The molecule has 0 unspecified atom stereocenters. The smallest absolute Gasteiger partial charge is 0.307 e. The molecule has 0 bridgehead atoms. The van der Waals surface area contributed by atoms with E-state index in [1.807, 2.05) is 27.8 Å². The Morgan fingerprint density at radius 3 is 2.40 bits per heavy atom. The molecule has 0 saturated carbocycles. The summed E-state index contributed by atoms with van der Waals surface area (Å²) in [5.74, 6) is -0.856. The molecule has 0 aliphatic rings. The topological polar surface area (TPSA) is 72.9 Å². The maximum atomic E-state index is 10.9. The lowest BCUT2D eigenvalue weighted by molar-refractivity contribution is -0.136. The summed E-state index contributed by atoms with van der Waals surface area (Å²) >= 11 is 6.23. The van der Waals surface area contributed by atoms with Crippen LogP contribution in [-0.4, -0.2) is 30.6 Å². The van der Waals surface area contributed by atoms with E-state index < -0.39 is 5.97 Å². The number of aromatic nitrogens is 4. The normalized spacial score (nSPS) is 11.1. The molecular formula is C13H17ClN4O2. The van der Waals surface area contributed by atoms with Crippen LogP contribution in [0.25, 0.3) is 0 Å². The predicted octanol–water partition coefficient (Wildman–Crippen LogP) is 1.87. The van der Waals surface area contributed by atoms with E-state index in [0.717, 1.165) is 28.3 Å². The van der Waals surface area contributed by atoms with Crippen molar-refractivity contribution >= 4 is 17.6 Å². The van der Waals surface area contributed by atoms with Gasteiger partial charge in [0.2, 0.25) is 0 Å². The first-order chi connectivity index (χ1) is 9.31. The molecular weight excluding hydrogens is 280 g/mol. The third-order valence-electron chi connectivity index (χ3n) is 3.42. The average Bonchev–Trinajstić information content (AvgIpc) is 2.74. The summed E-state index contributed by atoms with van der Waals surface area (Å²) in [7, 11) is 1.83. The van der Waals surface area contributed by atoms with Gasteiger partial charge >= 0.3 is 5.97 Å². The minimum atomic E-state index is -0.856. The Balaban J connectivity index is 2.37. The number of hydrogen-bond acceptors (Lipinski definition) is 3. The van der Waals surface area contributed by atoms with Crippen LogP contribution in [-0.2, 0) is 24.8 Å². The second-order valence-corrected chi connectivity index (χ2v) is 5.23. The number of rotatable bonds is 4. The van der Waals surface area contributed by atoms with E-state index in [9.17, 15) is 4.79 Å². The van der Waals surface area contributed by atoms with Crippen LogP contribution in [0.4, 0.5) is 0 Å². The van der Waals surface area contributed by atoms with Crippen molar-refractivity contribution in [2.75, 3.05) is 0 Å². The monoisotopic (exact) mass is 296 g/mol. The van der Waals surface area contributed by atoms with Gasteiger partial charge in [0.25, 0.3) is 0 Å². The maximum Gasteiger partial charge on any atom is 0.307 e. The SMILES string of the molecule is Cc1nn(C)c(Cn2nc(C)c(CC(=O)O)c2C)c1Cl. The lowest BCUT2D eigenvalue weighted by Gasteiger charge is -2.06. The van der Waals surface area contributed by atoms with Crippen molar-refractivity contribution < 1.29 is 9.90 Å². The standard InChI is InChI=1S/C13H17ClN4O2/c1-7-10(5-12(19)20)9(3)18(16-7)6-11-13(14)8(2)15-17(11)4/h5-6H2,1-4H3,(H,19,20). The molecule has 1 N–H and O–H groups in total. The van der Waals surface area contributed by atoms with Crippen molar-refractivity contribution in [1.82, 2.24) is 19.6 Å². The molecule has 0 aliphatic heterocycles. The lowest BCUT2D eigenvalue weighted by atomic mass is 10.1. The van der Waals surface area contributed by atoms with Crippen molar-refractivity contribution in [2.45, 2.75) is 33.7 Å². The second-order valence-electron chi connectivity index (χ2n) is 4.85. The molecule has 2 aromatic rings. The third-order valence-corrected chi connectivity index (χ3v) is 3.91. The largest absolute Gasteiger partial charge is 0.481 e. The third kappa shape index (κ3) is 2.56. The second kappa shape index (κ2) is 5.28. The van der Waals surface area contributed by atoms with Crippen LogP contribution in [0.15, 0.2) is 0 Å².